The van der Waals surface area contributed by atoms with Gasteiger partial charge < -0.3 is 15.5 Å². The van der Waals surface area contributed by atoms with Crippen molar-refractivity contribution in [2.45, 2.75) is 13.3 Å². The highest BCUT2D eigenvalue weighted by atomic mass is 15.4. The molecular formula is C8H19N5. The lowest BCUT2D eigenvalue weighted by Gasteiger charge is -2.21. The highest BCUT2D eigenvalue weighted by molar-refractivity contribution is 5.83. The number of hydrogen-bond donors (Lipinski definition) is 1. The van der Waals surface area contributed by atoms with E-state index in [2.05, 4.69) is 10.2 Å². The molecule has 0 aliphatic rings. The molecule has 0 saturated heterocycles. The standard InChI is InChI=1S/C8H19N5/c1-6-7(9)10-11-8(12(2)3)13(4)5/h6H2,1-5H3,(H2,9,10). The third-order valence-electron chi connectivity index (χ3n) is 1.43. The summed E-state index contributed by atoms with van der Waals surface area (Å²) >= 11 is 0. The van der Waals surface area contributed by atoms with Crippen molar-refractivity contribution in [3.05, 3.63) is 0 Å². The molecule has 0 aromatic heterocycles. The largest absolute Gasteiger partial charge is 0.386 e. The third-order valence-corrected chi connectivity index (χ3v) is 1.43. The molecular weight excluding hydrogens is 166 g/mol. The van der Waals surface area contributed by atoms with Crippen LogP contribution in [-0.2, 0) is 0 Å². The number of rotatable bonds is 2. The number of hydrogen-bond acceptors (Lipinski definition) is 2. The van der Waals surface area contributed by atoms with Gasteiger partial charge in [0.05, 0.1) is 0 Å². The van der Waals surface area contributed by atoms with Crippen molar-refractivity contribution in [3.8, 4) is 0 Å². The Labute approximate surface area is 79.9 Å². The van der Waals surface area contributed by atoms with Gasteiger partial charge in [-0.1, -0.05) is 6.92 Å². The molecule has 0 heterocycles. The van der Waals surface area contributed by atoms with Crippen molar-refractivity contribution in [3.63, 3.8) is 0 Å². The van der Waals surface area contributed by atoms with Gasteiger partial charge in [-0.2, -0.15) is 0 Å². The normalized spacial score (nSPS) is 11.0. The van der Waals surface area contributed by atoms with Crippen LogP contribution in [0.2, 0.25) is 0 Å². The van der Waals surface area contributed by atoms with Crippen LogP contribution in [0, 0.1) is 0 Å². The van der Waals surface area contributed by atoms with Crippen LogP contribution in [0.1, 0.15) is 13.3 Å². The number of nitrogens with zero attached hydrogens (tertiary/aromatic N) is 4. The predicted octanol–water partition coefficient (Wildman–Crippen LogP) is 0.148. The van der Waals surface area contributed by atoms with Gasteiger partial charge in [0, 0.05) is 34.6 Å². The summed E-state index contributed by atoms with van der Waals surface area (Å²) in [6, 6.07) is 0. The van der Waals surface area contributed by atoms with Crippen LogP contribution in [0.4, 0.5) is 0 Å². The topological polar surface area (TPSA) is 57.2 Å². The van der Waals surface area contributed by atoms with E-state index in [9.17, 15) is 0 Å². The fourth-order valence-electron chi connectivity index (χ4n) is 0.759. The van der Waals surface area contributed by atoms with E-state index in [1.165, 1.54) is 0 Å². The molecule has 0 amide bonds. The van der Waals surface area contributed by atoms with Gasteiger partial charge in [0.25, 0.3) is 0 Å². The smallest absolute Gasteiger partial charge is 0.220 e. The number of guanidine groups is 1. The van der Waals surface area contributed by atoms with Gasteiger partial charge in [-0.3, -0.25) is 0 Å². The second-order valence-corrected chi connectivity index (χ2v) is 3.13. The van der Waals surface area contributed by atoms with Gasteiger partial charge in [0.2, 0.25) is 5.96 Å². The van der Waals surface area contributed by atoms with Gasteiger partial charge in [-0.15, -0.1) is 10.2 Å². The van der Waals surface area contributed by atoms with Crippen LogP contribution in [0.3, 0.4) is 0 Å². The molecule has 0 aromatic carbocycles. The first kappa shape index (κ1) is 11.7. The Kier molecular flexibility index (Phi) is 4.87. The predicted molar refractivity (Wildman–Crippen MR) is 56.7 cm³/mol. The maximum Gasteiger partial charge on any atom is 0.220 e. The fourth-order valence-corrected chi connectivity index (χ4v) is 0.759. The van der Waals surface area contributed by atoms with E-state index in [-0.39, 0.29) is 0 Å². The quantitative estimate of drug-likeness (QED) is 0.378. The van der Waals surface area contributed by atoms with Crippen LogP contribution >= 0.6 is 0 Å². The number of amidine groups is 1. The van der Waals surface area contributed by atoms with Gasteiger partial charge in [-0.25, -0.2) is 0 Å². The van der Waals surface area contributed by atoms with Crippen LogP contribution in [0.5, 0.6) is 0 Å². The summed E-state index contributed by atoms with van der Waals surface area (Å²) in [5.74, 6) is 1.32. The van der Waals surface area contributed by atoms with E-state index in [4.69, 9.17) is 5.73 Å². The van der Waals surface area contributed by atoms with Crippen LogP contribution in [-0.4, -0.2) is 49.8 Å². The monoisotopic (exact) mass is 185 g/mol. The van der Waals surface area contributed by atoms with Gasteiger partial charge >= 0.3 is 0 Å². The van der Waals surface area contributed by atoms with Gasteiger partial charge in [-0.05, 0) is 0 Å². The van der Waals surface area contributed by atoms with E-state index in [1.807, 2.05) is 44.9 Å². The second kappa shape index (κ2) is 5.40. The first-order valence-electron chi connectivity index (χ1n) is 4.23. The Morgan fingerprint density at radius 2 is 1.54 bits per heavy atom. The Bertz CT molecular complexity index is 195. The molecule has 2 N–H and O–H groups in total. The average Bonchev–Trinajstić information content (AvgIpc) is 2.03. The Hall–Kier alpha value is -1.26. The molecule has 0 aromatic rings. The molecule has 0 unspecified atom stereocenters. The van der Waals surface area contributed by atoms with E-state index < -0.39 is 0 Å². The van der Waals surface area contributed by atoms with Crippen LogP contribution < -0.4 is 5.73 Å². The zero-order chi connectivity index (χ0) is 10.4. The van der Waals surface area contributed by atoms with Crippen molar-refractivity contribution in [2.75, 3.05) is 28.2 Å². The maximum atomic E-state index is 5.53. The summed E-state index contributed by atoms with van der Waals surface area (Å²) in [5.41, 5.74) is 5.53. The molecule has 0 rings (SSSR count). The van der Waals surface area contributed by atoms with Crippen molar-refractivity contribution in [2.24, 2.45) is 15.9 Å². The summed E-state index contributed by atoms with van der Waals surface area (Å²) in [5, 5.41) is 7.91. The molecule has 0 spiro atoms. The lowest BCUT2D eigenvalue weighted by Crippen LogP contribution is -2.35. The minimum atomic E-state index is 0.543. The highest BCUT2D eigenvalue weighted by Crippen LogP contribution is 1.90. The third kappa shape index (κ3) is 4.35. The average molecular weight is 185 g/mol. The highest BCUT2D eigenvalue weighted by Gasteiger charge is 2.02. The maximum absolute atomic E-state index is 5.53. The molecule has 0 radical (unpaired) electrons. The van der Waals surface area contributed by atoms with E-state index >= 15 is 0 Å². The minimum Gasteiger partial charge on any atom is -0.386 e. The molecule has 13 heavy (non-hydrogen) atoms. The zero-order valence-electron chi connectivity index (χ0n) is 9.07. The first-order chi connectivity index (χ1) is 5.99. The van der Waals surface area contributed by atoms with Crippen molar-refractivity contribution >= 4 is 11.8 Å². The lowest BCUT2D eigenvalue weighted by atomic mass is 10.5. The molecule has 0 aliphatic carbocycles. The van der Waals surface area contributed by atoms with Gasteiger partial charge in [0.15, 0.2) is 0 Å². The summed E-state index contributed by atoms with van der Waals surface area (Å²) in [6.45, 7) is 1.94. The van der Waals surface area contributed by atoms with E-state index in [0.717, 1.165) is 12.4 Å². The Morgan fingerprint density at radius 3 is 1.85 bits per heavy atom. The van der Waals surface area contributed by atoms with E-state index in [0.29, 0.717) is 5.84 Å². The summed E-state index contributed by atoms with van der Waals surface area (Å²) < 4.78 is 0. The summed E-state index contributed by atoms with van der Waals surface area (Å²) in [4.78, 5) is 3.76. The zero-order valence-corrected chi connectivity index (χ0v) is 9.07. The van der Waals surface area contributed by atoms with Crippen molar-refractivity contribution < 1.29 is 0 Å². The molecule has 0 saturated carbocycles. The summed E-state index contributed by atoms with van der Waals surface area (Å²) in [6.07, 6.45) is 0.720. The van der Waals surface area contributed by atoms with Crippen LogP contribution in [0.25, 0.3) is 0 Å². The summed E-state index contributed by atoms with van der Waals surface area (Å²) in [7, 11) is 7.65. The molecule has 5 nitrogen and oxygen atoms in total. The molecule has 76 valence electrons. The van der Waals surface area contributed by atoms with E-state index in [1.54, 1.807) is 0 Å². The fraction of sp³-hybridized carbons (Fsp3) is 0.750. The molecule has 0 fully saturated rings. The molecule has 0 atom stereocenters. The van der Waals surface area contributed by atoms with Crippen molar-refractivity contribution in [1.82, 2.24) is 9.80 Å². The molecule has 0 bridgehead atoms. The second-order valence-electron chi connectivity index (χ2n) is 3.13. The Morgan fingerprint density at radius 1 is 1.08 bits per heavy atom. The van der Waals surface area contributed by atoms with Gasteiger partial charge in [0.1, 0.15) is 5.84 Å². The number of nitrogens with two attached hydrogens (primary N) is 1. The SMILES string of the molecule is CC/C(N)=N/N=C(N(C)C)N(C)C. The lowest BCUT2D eigenvalue weighted by molar-refractivity contribution is 0.480. The first-order valence-corrected chi connectivity index (χ1v) is 4.23. The van der Waals surface area contributed by atoms with Crippen molar-refractivity contribution in [1.29, 1.82) is 0 Å². The van der Waals surface area contributed by atoms with Crippen LogP contribution in [0.15, 0.2) is 10.2 Å². The molecule has 0 aliphatic heterocycles. The Balaban J connectivity index is 4.55. The molecule has 5 heteroatoms. The minimum absolute atomic E-state index is 0.543.